The second kappa shape index (κ2) is 9.34. The molecule has 2 aliphatic rings. The summed E-state index contributed by atoms with van der Waals surface area (Å²) in [6.45, 7) is 2.52. The third kappa shape index (κ3) is 4.84. The van der Waals surface area contributed by atoms with E-state index in [-0.39, 0.29) is 24.7 Å². The quantitative estimate of drug-likeness (QED) is 0.476. The van der Waals surface area contributed by atoms with Gasteiger partial charge in [-0.15, -0.1) is 0 Å². The highest BCUT2D eigenvalue weighted by atomic mass is 19.4. The molecule has 0 amide bonds. The minimum Gasteiger partial charge on any atom is -0.378 e. The molecule has 0 saturated carbocycles. The van der Waals surface area contributed by atoms with E-state index in [9.17, 15) is 17.6 Å². The highest BCUT2D eigenvalue weighted by Crippen LogP contribution is 2.42. The second-order valence-electron chi connectivity index (χ2n) is 9.44. The maximum atomic E-state index is 15.4. The van der Waals surface area contributed by atoms with Crippen LogP contribution in [0.1, 0.15) is 36.2 Å². The predicted molar refractivity (Wildman–Crippen MR) is 123 cm³/mol. The van der Waals surface area contributed by atoms with Gasteiger partial charge in [0.2, 0.25) is 0 Å². The fourth-order valence-electron chi connectivity index (χ4n) is 5.28. The zero-order valence-electron chi connectivity index (χ0n) is 19.2. The maximum absolute atomic E-state index is 15.4. The molecule has 1 aromatic carbocycles. The number of nitrogens with zero attached hydrogens (tertiary/aromatic N) is 4. The smallest absolute Gasteiger partial charge is 0.378 e. The van der Waals surface area contributed by atoms with E-state index in [1.165, 1.54) is 11.0 Å². The van der Waals surface area contributed by atoms with Crippen molar-refractivity contribution >= 4 is 16.6 Å². The van der Waals surface area contributed by atoms with Gasteiger partial charge in [0.25, 0.3) is 0 Å². The van der Waals surface area contributed by atoms with Crippen molar-refractivity contribution in [2.24, 2.45) is 0 Å². The first-order valence-electron chi connectivity index (χ1n) is 11.7. The van der Waals surface area contributed by atoms with Crippen LogP contribution in [-0.2, 0) is 6.42 Å². The lowest BCUT2D eigenvalue weighted by atomic mass is 9.84. The molecule has 5 rings (SSSR count). The molecule has 0 aliphatic carbocycles. The van der Waals surface area contributed by atoms with E-state index < -0.39 is 30.6 Å². The number of H-pyrrole nitrogens is 1. The average molecular weight is 495 g/mol. The largest absolute Gasteiger partial charge is 0.401 e. The summed E-state index contributed by atoms with van der Waals surface area (Å²) in [6, 6.07) is 3.45. The molecule has 2 aliphatic heterocycles. The van der Waals surface area contributed by atoms with Crippen molar-refractivity contribution in [2.75, 3.05) is 38.2 Å². The third-order valence-electron chi connectivity index (χ3n) is 6.88. The Labute approximate surface area is 199 Å². The van der Waals surface area contributed by atoms with Crippen molar-refractivity contribution in [3.63, 3.8) is 0 Å². The fourth-order valence-corrected chi connectivity index (χ4v) is 5.28. The summed E-state index contributed by atoms with van der Waals surface area (Å²) in [5.74, 6) is -0.576. The minimum absolute atomic E-state index is 0.200. The van der Waals surface area contributed by atoms with E-state index in [2.05, 4.69) is 25.4 Å². The van der Waals surface area contributed by atoms with Gasteiger partial charge in [0.1, 0.15) is 5.82 Å². The molecule has 1 saturated heterocycles. The Hall–Kier alpha value is -2.79. The van der Waals surface area contributed by atoms with Crippen LogP contribution in [0.4, 0.5) is 27.6 Å². The van der Waals surface area contributed by atoms with Gasteiger partial charge in [-0.2, -0.15) is 18.3 Å². The van der Waals surface area contributed by atoms with Gasteiger partial charge in [-0.05, 0) is 43.5 Å². The van der Waals surface area contributed by atoms with Gasteiger partial charge in [-0.25, -0.2) is 4.39 Å². The minimum atomic E-state index is -4.44. The van der Waals surface area contributed by atoms with E-state index >= 15 is 4.39 Å². The van der Waals surface area contributed by atoms with Crippen molar-refractivity contribution < 1.29 is 22.0 Å². The lowest BCUT2D eigenvalue weighted by Crippen LogP contribution is -2.54. The van der Waals surface area contributed by atoms with E-state index in [1.54, 1.807) is 31.5 Å². The summed E-state index contributed by atoms with van der Waals surface area (Å²) in [4.78, 5) is 7.91. The molecule has 0 unspecified atom stereocenters. The number of halogens is 5. The molecule has 0 bridgehead atoms. The van der Waals surface area contributed by atoms with Crippen molar-refractivity contribution in [2.45, 2.75) is 44.1 Å². The van der Waals surface area contributed by atoms with Crippen LogP contribution < -0.4 is 5.32 Å². The molecule has 2 atom stereocenters. The standard InChI is InChI=1S/C24H27F5N6/c1-14-7-17-18-10-31-33-21(18)8-19(26)22(17)23(35(14)13-24(27,28)29)20-4-3-15(9-30-20)32-16-11-34(12-16)6-2-5-25/h3-4,8-10,14,16,23,32H,2,5-7,11-13H2,1H3,(H,31,33)/t14-,23-/m1/s1. The van der Waals surface area contributed by atoms with Crippen molar-refractivity contribution in [1.82, 2.24) is 25.0 Å². The summed E-state index contributed by atoms with van der Waals surface area (Å²) in [6.07, 6.45) is -0.485. The van der Waals surface area contributed by atoms with Crippen LogP contribution in [0, 0.1) is 5.82 Å². The number of benzene rings is 1. The number of fused-ring (bicyclic) bond motifs is 3. The number of anilines is 1. The molecule has 2 N–H and O–H groups in total. The number of aromatic nitrogens is 3. The first kappa shape index (κ1) is 23.9. The highest BCUT2D eigenvalue weighted by molar-refractivity contribution is 5.84. The van der Waals surface area contributed by atoms with Gasteiger partial charge in [-0.3, -0.25) is 24.3 Å². The lowest BCUT2D eigenvalue weighted by Gasteiger charge is -2.42. The van der Waals surface area contributed by atoms with Crippen molar-refractivity contribution in [1.29, 1.82) is 0 Å². The Morgan fingerprint density at radius 1 is 1.20 bits per heavy atom. The number of likely N-dealkylation sites (tertiary alicyclic amines) is 1. The normalized spacial score (nSPS) is 21.8. The molecule has 6 nitrogen and oxygen atoms in total. The average Bonchev–Trinajstić information content (AvgIpc) is 3.24. The van der Waals surface area contributed by atoms with Crippen molar-refractivity contribution in [3.05, 3.63) is 53.2 Å². The van der Waals surface area contributed by atoms with Crippen LogP contribution in [0.15, 0.2) is 30.6 Å². The number of hydrogen-bond acceptors (Lipinski definition) is 5. The number of aromatic amines is 1. The molecule has 0 radical (unpaired) electrons. The van der Waals surface area contributed by atoms with Crippen LogP contribution in [-0.4, -0.2) is 76.1 Å². The number of alkyl halides is 4. The third-order valence-corrected chi connectivity index (χ3v) is 6.88. The second-order valence-corrected chi connectivity index (χ2v) is 9.44. The first-order chi connectivity index (χ1) is 16.7. The molecule has 35 heavy (non-hydrogen) atoms. The molecule has 188 valence electrons. The van der Waals surface area contributed by atoms with Gasteiger partial charge in [-0.1, -0.05) is 0 Å². The van der Waals surface area contributed by atoms with E-state index in [1.807, 2.05) is 0 Å². The topological polar surface area (TPSA) is 60.1 Å². The van der Waals surface area contributed by atoms with E-state index in [0.717, 1.165) is 25.3 Å². The van der Waals surface area contributed by atoms with Gasteiger partial charge in [0, 0.05) is 36.6 Å². The molecule has 2 aromatic heterocycles. The maximum Gasteiger partial charge on any atom is 0.401 e. The Morgan fingerprint density at radius 2 is 2.00 bits per heavy atom. The monoisotopic (exact) mass is 494 g/mol. The molecule has 4 heterocycles. The van der Waals surface area contributed by atoms with Gasteiger partial charge in [0.05, 0.1) is 54.6 Å². The zero-order valence-corrected chi connectivity index (χ0v) is 19.2. The van der Waals surface area contributed by atoms with E-state index in [4.69, 9.17) is 0 Å². The van der Waals surface area contributed by atoms with Crippen LogP contribution in [0.25, 0.3) is 10.9 Å². The van der Waals surface area contributed by atoms with Crippen LogP contribution in [0.2, 0.25) is 0 Å². The Bertz CT molecular complexity index is 1170. The van der Waals surface area contributed by atoms with Crippen LogP contribution >= 0.6 is 0 Å². The first-order valence-corrected chi connectivity index (χ1v) is 11.7. The molecular weight excluding hydrogens is 467 g/mol. The van der Waals surface area contributed by atoms with Gasteiger partial charge >= 0.3 is 6.18 Å². The Balaban J connectivity index is 1.44. The van der Waals surface area contributed by atoms with Crippen LogP contribution in [0.3, 0.4) is 0 Å². The molecule has 3 aromatic rings. The molecule has 11 heteroatoms. The summed E-state index contributed by atoms with van der Waals surface area (Å²) < 4.78 is 68.3. The van der Waals surface area contributed by atoms with Gasteiger partial charge < -0.3 is 5.32 Å². The fraction of sp³-hybridized carbons (Fsp3) is 0.500. The lowest BCUT2D eigenvalue weighted by molar-refractivity contribution is -0.155. The zero-order chi connectivity index (χ0) is 24.7. The van der Waals surface area contributed by atoms with E-state index in [0.29, 0.717) is 28.6 Å². The number of rotatable bonds is 7. The Morgan fingerprint density at radius 3 is 2.69 bits per heavy atom. The summed E-state index contributed by atoms with van der Waals surface area (Å²) in [5, 5.41) is 10.8. The number of pyridine rings is 1. The summed E-state index contributed by atoms with van der Waals surface area (Å²) >= 11 is 0. The summed E-state index contributed by atoms with van der Waals surface area (Å²) in [5.41, 5.74) is 2.49. The number of hydrogen-bond donors (Lipinski definition) is 2. The highest BCUT2D eigenvalue weighted by Gasteiger charge is 2.43. The van der Waals surface area contributed by atoms with Crippen LogP contribution in [0.5, 0.6) is 0 Å². The van der Waals surface area contributed by atoms with Crippen molar-refractivity contribution in [3.8, 4) is 0 Å². The predicted octanol–water partition coefficient (Wildman–Crippen LogP) is 4.45. The molecular formula is C24H27F5N6. The van der Waals surface area contributed by atoms with Gasteiger partial charge in [0.15, 0.2) is 0 Å². The molecule has 1 fully saturated rings. The summed E-state index contributed by atoms with van der Waals surface area (Å²) in [7, 11) is 0. The Kier molecular flexibility index (Phi) is 6.39. The number of nitrogens with one attached hydrogen (secondary N) is 2. The molecule has 0 spiro atoms. The SMILES string of the molecule is C[C@@H]1Cc2c(c(F)cc3[nH]ncc23)[C@@H](c2ccc(NC3CN(CCCF)C3)cn2)N1CC(F)(F)F.